The Kier molecular flexibility index (Phi) is 3.96. The first kappa shape index (κ1) is 14.8. The molecule has 1 N–H and O–H groups in total. The Morgan fingerprint density at radius 3 is 2.95 bits per heavy atom. The second-order valence-corrected chi connectivity index (χ2v) is 6.18. The van der Waals surface area contributed by atoms with Crippen LogP contribution in [0.4, 0.5) is 0 Å². The quantitative estimate of drug-likeness (QED) is 0.939. The molecular weight excluding hydrogens is 278 g/mol. The van der Waals surface area contributed by atoms with E-state index >= 15 is 0 Å². The van der Waals surface area contributed by atoms with E-state index in [9.17, 15) is 9.90 Å². The Bertz CT molecular complexity index is 677. The highest BCUT2D eigenvalue weighted by atomic mass is 16.4. The molecule has 116 valence electrons. The molecule has 5 heteroatoms. The number of fused-ring (bicyclic) bond motifs is 1. The van der Waals surface area contributed by atoms with E-state index in [1.165, 1.54) is 5.69 Å². The highest BCUT2D eigenvalue weighted by Gasteiger charge is 2.31. The van der Waals surface area contributed by atoms with Gasteiger partial charge in [-0.25, -0.2) is 0 Å². The topological polar surface area (TPSA) is 68.0 Å². The molecule has 3 rings (SSSR count). The summed E-state index contributed by atoms with van der Waals surface area (Å²) in [7, 11) is 0. The van der Waals surface area contributed by atoms with Crippen molar-refractivity contribution < 1.29 is 9.90 Å². The lowest BCUT2D eigenvalue weighted by molar-refractivity contribution is -0.137. The summed E-state index contributed by atoms with van der Waals surface area (Å²) >= 11 is 0. The molecule has 2 aromatic heterocycles. The van der Waals surface area contributed by atoms with Crippen molar-refractivity contribution in [3.8, 4) is 11.3 Å². The van der Waals surface area contributed by atoms with Crippen LogP contribution in [0.25, 0.3) is 11.3 Å². The highest BCUT2D eigenvalue weighted by molar-refractivity contribution is 5.71. The van der Waals surface area contributed by atoms with Gasteiger partial charge in [-0.3, -0.25) is 14.5 Å². The second kappa shape index (κ2) is 5.91. The molecule has 2 aromatic rings. The van der Waals surface area contributed by atoms with Crippen LogP contribution in [0.2, 0.25) is 0 Å². The molecule has 0 aliphatic heterocycles. The van der Waals surface area contributed by atoms with Crippen molar-refractivity contribution in [1.82, 2.24) is 14.8 Å². The zero-order valence-electron chi connectivity index (χ0n) is 13.0. The number of aromatic nitrogens is 3. The Balaban J connectivity index is 2.16. The van der Waals surface area contributed by atoms with Crippen LogP contribution in [0.1, 0.15) is 56.3 Å². The summed E-state index contributed by atoms with van der Waals surface area (Å²) in [5.74, 6) is -0.698. The van der Waals surface area contributed by atoms with Crippen molar-refractivity contribution in [3.05, 3.63) is 35.8 Å². The minimum Gasteiger partial charge on any atom is -0.481 e. The van der Waals surface area contributed by atoms with Crippen molar-refractivity contribution in [1.29, 1.82) is 0 Å². The van der Waals surface area contributed by atoms with E-state index in [-0.39, 0.29) is 18.4 Å². The molecular formula is C17H21N3O2. The summed E-state index contributed by atoms with van der Waals surface area (Å²) in [5.41, 5.74) is 4.19. The molecule has 0 amide bonds. The van der Waals surface area contributed by atoms with Crippen LogP contribution in [0, 0.1) is 0 Å². The predicted molar refractivity (Wildman–Crippen MR) is 83.8 cm³/mol. The number of rotatable bonds is 4. The fourth-order valence-corrected chi connectivity index (χ4v) is 3.38. The minimum absolute atomic E-state index is 0.0453. The van der Waals surface area contributed by atoms with Crippen LogP contribution in [0.3, 0.4) is 0 Å². The van der Waals surface area contributed by atoms with E-state index in [1.807, 2.05) is 12.1 Å². The Labute approximate surface area is 130 Å². The molecule has 1 aliphatic carbocycles. The lowest BCUT2D eigenvalue weighted by Gasteiger charge is -2.23. The molecule has 1 atom stereocenters. The summed E-state index contributed by atoms with van der Waals surface area (Å²) in [4.78, 5) is 15.4. The lowest BCUT2D eigenvalue weighted by Crippen LogP contribution is -2.16. The summed E-state index contributed by atoms with van der Waals surface area (Å²) in [5, 5.41) is 14.0. The predicted octanol–water partition coefficient (Wildman–Crippen LogP) is 3.42. The SMILES string of the molecule is CC(C)n1nc(-c2cccnc2)c2c1CCCC2CC(=O)O. The molecule has 0 radical (unpaired) electrons. The molecule has 0 saturated heterocycles. The fraction of sp³-hybridized carbons (Fsp3) is 0.471. The third kappa shape index (κ3) is 2.63. The van der Waals surface area contributed by atoms with Crippen molar-refractivity contribution in [3.63, 3.8) is 0 Å². The van der Waals surface area contributed by atoms with Gasteiger partial charge in [0, 0.05) is 35.3 Å². The summed E-state index contributed by atoms with van der Waals surface area (Å²) in [6.45, 7) is 4.22. The number of nitrogens with zero attached hydrogens (tertiary/aromatic N) is 3. The first-order valence-corrected chi connectivity index (χ1v) is 7.81. The van der Waals surface area contributed by atoms with Gasteiger partial charge in [-0.05, 0) is 51.2 Å². The van der Waals surface area contributed by atoms with Gasteiger partial charge in [0.2, 0.25) is 0 Å². The summed E-state index contributed by atoms with van der Waals surface area (Å²) in [6, 6.07) is 4.15. The third-order valence-electron chi connectivity index (χ3n) is 4.27. The molecule has 0 aromatic carbocycles. The lowest BCUT2D eigenvalue weighted by atomic mass is 9.82. The van der Waals surface area contributed by atoms with Gasteiger partial charge in [0.05, 0.1) is 12.1 Å². The Morgan fingerprint density at radius 1 is 1.50 bits per heavy atom. The van der Waals surface area contributed by atoms with Gasteiger partial charge < -0.3 is 5.11 Å². The molecule has 0 bridgehead atoms. The minimum atomic E-state index is -0.743. The fourth-order valence-electron chi connectivity index (χ4n) is 3.38. The van der Waals surface area contributed by atoms with Crippen molar-refractivity contribution >= 4 is 5.97 Å². The number of hydrogen-bond donors (Lipinski definition) is 1. The van der Waals surface area contributed by atoms with Crippen molar-refractivity contribution in [2.75, 3.05) is 0 Å². The van der Waals surface area contributed by atoms with Crippen LogP contribution < -0.4 is 0 Å². The molecule has 2 heterocycles. The van der Waals surface area contributed by atoms with Crippen LogP contribution >= 0.6 is 0 Å². The number of pyridine rings is 1. The molecule has 0 spiro atoms. The van der Waals surface area contributed by atoms with Gasteiger partial charge in [0.1, 0.15) is 0 Å². The normalized spacial score (nSPS) is 17.5. The summed E-state index contributed by atoms with van der Waals surface area (Å²) < 4.78 is 2.06. The zero-order chi connectivity index (χ0) is 15.7. The van der Waals surface area contributed by atoms with Gasteiger partial charge >= 0.3 is 5.97 Å². The van der Waals surface area contributed by atoms with Gasteiger partial charge in [0.15, 0.2) is 0 Å². The van der Waals surface area contributed by atoms with Gasteiger partial charge in [-0.1, -0.05) is 0 Å². The van der Waals surface area contributed by atoms with E-state index < -0.39 is 5.97 Å². The number of carboxylic acid groups (broad SMARTS) is 1. The van der Waals surface area contributed by atoms with Crippen LogP contribution in [-0.2, 0) is 11.2 Å². The molecule has 0 saturated carbocycles. The number of carboxylic acids is 1. The van der Waals surface area contributed by atoms with E-state index in [2.05, 4.69) is 23.5 Å². The maximum absolute atomic E-state index is 11.2. The van der Waals surface area contributed by atoms with Crippen molar-refractivity contribution in [2.45, 2.75) is 51.5 Å². The van der Waals surface area contributed by atoms with Gasteiger partial charge in [-0.15, -0.1) is 0 Å². The number of aliphatic carboxylic acids is 1. The van der Waals surface area contributed by atoms with E-state index in [0.717, 1.165) is 36.1 Å². The van der Waals surface area contributed by atoms with Crippen LogP contribution in [0.15, 0.2) is 24.5 Å². The van der Waals surface area contributed by atoms with E-state index in [4.69, 9.17) is 5.10 Å². The van der Waals surface area contributed by atoms with E-state index in [1.54, 1.807) is 12.4 Å². The van der Waals surface area contributed by atoms with Crippen LogP contribution in [0.5, 0.6) is 0 Å². The average molecular weight is 299 g/mol. The molecule has 0 fully saturated rings. The Morgan fingerprint density at radius 2 is 2.32 bits per heavy atom. The summed E-state index contributed by atoms with van der Waals surface area (Å²) in [6.07, 6.45) is 6.62. The molecule has 1 unspecified atom stereocenters. The van der Waals surface area contributed by atoms with E-state index in [0.29, 0.717) is 0 Å². The monoisotopic (exact) mass is 299 g/mol. The van der Waals surface area contributed by atoms with Gasteiger partial charge in [0.25, 0.3) is 0 Å². The zero-order valence-corrected chi connectivity index (χ0v) is 13.0. The first-order valence-electron chi connectivity index (χ1n) is 7.81. The third-order valence-corrected chi connectivity index (χ3v) is 4.27. The first-order chi connectivity index (χ1) is 10.6. The average Bonchev–Trinajstić information content (AvgIpc) is 2.88. The molecule has 5 nitrogen and oxygen atoms in total. The number of carbonyl (C=O) groups is 1. The second-order valence-electron chi connectivity index (χ2n) is 6.18. The maximum atomic E-state index is 11.2. The largest absolute Gasteiger partial charge is 0.481 e. The highest BCUT2D eigenvalue weighted by Crippen LogP contribution is 2.40. The molecule has 1 aliphatic rings. The Hall–Kier alpha value is -2.17. The van der Waals surface area contributed by atoms with Crippen LogP contribution in [-0.4, -0.2) is 25.8 Å². The van der Waals surface area contributed by atoms with Gasteiger partial charge in [-0.2, -0.15) is 5.10 Å². The smallest absolute Gasteiger partial charge is 0.303 e. The number of hydrogen-bond acceptors (Lipinski definition) is 3. The maximum Gasteiger partial charge on any atom is 0.303 e. The standard InChI is InChI=1S/C17H21N3O2/c1-11(2)20-14-7-3-5-12(9-15(21)22)16(14)17(19-20)13-6-4-8-18-10-13/h4,6,8,10-12H,3,5,7,9H2,1-2H3,(H,21,22). The van der Waals surface area contributed by atoms with Crippen molar-refractivity contribution in [2.24, 2.45) is 0 Å². The molecule has 22 heavy (non-hydrogen) atoms.